The second-order valence-corrected chi connectivity index (χ2v) is 6.67. The Bertz CT molecular complexity index is 350. The predicted octanol–water partition coefficient (Wildman–Crippen LogP) is 1.09. The number of nitrogens with one attached hydrogen (secondary N) is 1. The normalized spacial score (nSPS) is 26.9. The van der Waals surface area contributed by atoms with Gasteiger partial charge >= 0.3 is 5.97 Å². The van der Waals surface area contributed by atoms with Crippen LogP contribution in [-0.4, -0.2) is 73.7 Å². The highest BCUT2D eigenvalue weighted by molar-refractivity contribution is 5.80. The van der Waals surface area contributed by atoms with E-state index in [1.807, 2.05) is 6.92 Å². The Balaban J connectivity index is 1.94. The fourth-order valence-corrected chi connectivity index (χ4v) is 3.63. The van der Waals surface area contributed by atoms with Gasteiger partial charge in [0.15, 0.2) is 0 Å². The van der Waals surface area contributed by atoms with Crippen molar-refractivity contribution in [2.45, 2.75) is 51.1 Å². The van der Waals surface area contributed by atoms with Crippen molar-refractivity contribution in [3.63, 3.8) is 0 Å². The molecule has 122 valence electrons. The fourth-order valence-electron chi connectivity index (χ4n) is 3.63. The summed E-state index contributed by atoms with van der Waals surface area (Å²) >= 11 is 0. The summed E-state index contributed by atoms with van der Waals surface area (Å²) < 4.78 is 5.02. The molecule has 2 rings (SSSR count). The van der Waals surface area contributed by atoms with Crippen molar-refractivity contribution in [2.75, 3.05) is 46.4 Å². The first-order chi connectivity index (χ1) is 10.1. The summed E-state index contributed by atoms with van der Waals surface area (Å²) in [5, 5.41) is 3.39. The molecule has 2 heterocycles. The molecule has 0 aromatic rings. The number of hydrogen-bond donors (Lipinski definition) is 1. The summed E-state index contributed by atoms with van der Waals surface area (Å²) in [5.74, 6) is -0.151. The van der Waals surface area contributed by atoms with E-state index in [4.69, 9.17) is 4.74 Å². The zero-order chi connectivity index (χ0) is 15.3. The zero-order valence-corrected chi connectivity index (χ0v) is 13.9. The van der Waals surface area contributed by atoms with Crippen LogP contribution in [-0.2, 0) is 9.53 Å². The van der Waals surface area contributed by atoms with Gasteiger partial charge in [0.05, 0.1) is 7.11 Å². The number of carbonyl (C=O) groups is 1. The summed E-state index contributed by atoms with van der Waals surface area (Å²) in [6.07, 6.45) is 5.00. The Labute approximate surface area is 129 Å². The number of piperidine rings is 1. The molecular formula is C16H31N3O2. The molecule has 2 saturated heterocycles. The molecule has 0 aromatic carbocycles. The van der Waals surface area contributed by atoms with Crippen LogP contribution in [0.1, 0.15) is 39.5 Å². The quantitative estimate of drug-likeness (QED) is 0.744. The molecule has 0 radical (unpaired) electrons. The molecule has 5 nitrogen and oxygen atoms in total. The maximum atomic E-state index is 12.2. The standard InChI is InChI=1S/C16H31N3O2/c1-4-8-17-16(2,15(20)21-3)13-18-10-11-19-9-6-5-7-14(19)12-18/h14,17H,4-13H2,1-3H3. The number of piperazine rings is 1. The van der Waals surface area contributed by atoms with Gasteiger partial charge in [-0.15, -0.1) is 0 Å². The SMILES string of the molecule is CCCNC(C)(CN1CCN2CCCCC2C1)C(=O)OC. The van der Waals surface area contributed by atoms with Crippen LogP contribution in [0.25, 0.3) is 0 Å². The minimum atomic E-state index is -0.596. The predicted molar refractivity (Wildman–Crippen MR) is 84.4 cm³/mol. The molecule has 21 heavy (non-hydrogen) atoms. The molecule has 0 saturated carbocycles. The molecule has 2 unspecified atom stereocenters. The Hall–Kier alpha value is -0.650. The highest BCUT2D eigenvalue weighted by Gasteiger charge is 2.38. The number of esters is 1. The topological polar surface area (TPSA) is 44.8 Å². The molecule has 0 aromatic heterocycles. The average molecular weight is 297 g/mol. The summed E-state index contributed by atoms with van der Waals surface area (Å²) in [5.41, 5.74) is -0.596. The highest BCUT2D eigenvalue weighted by Crippen LogP contribution is 2.22. The molecular weight excluding hydrogens is 266 g/mol. The largest absolute Gasteiger partial charge is 0.468 e. The van der Waals surface area contributed by atoms with Crippen molar-refractivity contribution in [1.29, 1.82) is 0 Å². The van der Waals surface area contributed by atoms with Gasteiger partial charge in [0.2, 0.25) is 0 Å². The Kier molecular flexibility index (Phi) is 6.02. The third-order valence-corrected chi connectivity index (χ3v) is 4.86. The number of hydrogen-bond acceptors (Lipinski definition) is 5. The lowest BCUT2D eigenvalue weighted by Crippen LogP contribution is -2.62. The van der Waals surface area contributed by atoms with Crippen LogP contribution in [0.2, 0.25) is 0 Å². The Morgan fingerprint density at radius 2 is 2.14 bits per heavy atom. The lowest BCUT2D eigenvalue weighted by molar-refractivity contribution is -0.149. The maximum Gasteiger partial charge on any atom is 0.327 e. The van der Waals surface area contributed by atoms with Crippen LogP contribution in [0.3, 0.4) is 0 Å². The first-order valence-electron chi connectivity index (χ1n) is 8.39. The van der Waals surface area contributed by atoms with E-state index in [1.165, 1.54) is 32.9 Å². The van der Waals surface area contributed by atoms with Crippen LogP contribution < -0.4 is 5.32 Å². The van der Waals surface area contributed by atoms with Crippen molar-refractivity contribution >= 4 is 5.97 Å². The molecule has 1 N–H and O–H groups in total. The second-order valence-electron chi connectivity index (χ2n) is 6.67. The van der Waals surface area contributed by atoms with E-state index in [2.05, 4.69) is 22.0 Å². The smallest absolute Gasteiger partial charge is 0.327 e. The Morgan fingerprint density at radius 3 is 2.86 bits per heavy atom. The van der Waals surface area contributed by atoms with E-state index in [1.54, 1.807) is 0 Å². The number of fused-ring (bicyclic) bond motifs is 1. The first-order valence-corrected chi connectivity index (χ1v) is 8.39. The summed E-state index contributed by atoms with van der Waals surface area (Å²) in [6, 6.07) is 0.681. The number of methoxy groups -OCH3 is 1. The lowest BCUT2D eigenvalue weighted by atomic mass is 9.96. The van der Waals surface area contributed by atoms with Crippen LogP contribution >= 0.6 is 0 Å². The molecule has 5 heteroatoms. The van der Waals surface area contributed by atoms with Crippen molar-refractivity contribution in [3.05, 3.63) is 0 Å². The van der Waals surface area contributed by atoms with Crippen LogP contribution in [0.15, 0.2) is 0 Å². The lowest BCUT2D eigenvalue weighted by Gasteiger charge is -2.46. The van der Waals surface area contributed by atoms with Crippen molar-refractivity contribution in [3.8, 4) is 0 Å². The number of carbonyl (C=O) groups excluding carboxylic acids is 1. The fraction of sp³-hybridized carbons (Fsp3) is 0.938. The minimum absolute atomic E-state index is 0.151. The Morgan fingerprint density at radius 1 is 1.33 bits per heavy atom. The second kappa shape index (κ2) is 7.56. The molecule has 2 aliphatic rings. The van der Waals surface area contributed by atoms with E-state index in [9.17, 15) is 4.79 Å². The van der Waals surface area contributed by atoms with E-state index in [0.29, 0.717) is 6.04 Å². The van der Waals surface area contributed by atoms with Gasteiger partial charge in [0.25, 0.3) is 0 Å². The minimum Gasteiger partial charge on any atom is -0.468 e. The molecule has 2 atom stereocenters. The van der Waals surface area contributed by atoms with Gasteiger partial charge in [-0.25, -0.2) is 0 Å². The van der Waals surface area contributed by atoms with Crippen molar-refractivity contribution in [2.24, 2.45) is 0 Å². The summed E-state index contributed by atoms with van der Waals surface area (Å²) in [6.45, 7) is 10.2. The van der Waals surface area contributed by atoms with Gasteiger partial charge in [-0.2, -0.15) is 0 Å². The van der Waals surface area contributed by atoms with Gasteiger partial charge in [-0.05, 0) is 39.3 Å². The zero-order valence-electron chi connectivity index (χ0n) is 13.9. The van der Waals surface area contributed by atoms with E-state index in [0.717, 1.165) is 39.1 Å². The van der Waals surface area contributed by atoms with Gasteiger partial charge in [0, 0.05) is 32.2 Å². The van der Waals surface area contributed by atoms with E-state index >= 15 is 0 Å². The average Bonchev–Trinajstić information content (AvgIpc) is 2.52. The number of ether oxygens (including phenoxy) is 1. The molecule has 2 fully saturated rings. The first kappa shape index (κ1) is 16.7. The van der Waals surface area contributed by atoms with Crippen LogP contribution in [0.4, 0.5) is 0 Å². The molecule has 0 aliphatic carbocycles. The number of rotatable bonds is 6. The van der Waals surface area contributed by atoms with Crippen molar-refractivity contribution < 1.29 is 9.53 Å². The number of nitrogens with zero attached hydrogens (tertiary/aromatic N) is 2. The maximum absolute atomic E-state index is 12.2. The van der Waals surface area contributed by atoms with Crippen LogP contribution in [0.5, 0.6) is 0 Å². The van der Waals surface area contributed by atoms with Gasteiger partial charge < -0.3 is 10.1 Å². The van der Waals surface area contributed by atoms with Gasteiger partial charge in [-0.1, -0.05) is 13.3 Å². The van der Waals surface area contributed by atoms with E-state index < -0.39 is 5.54 Å². The van der Waals surface area contributed by atoms with Crippen molar-refractivity contribution in [1.82, 2.24) is 15.1 Å². The summed E-state index contributed by atoms with van der Waals surface area (Å²) in [7, 11) is 1.48. The van der Waals surface area contributed by atoms with Gasteiger partial charge in [-0.3, -0.25) is 14.6 Å². The molecule has 0 bridgehead atoms. The van der Waals surface area contributed by atoms with Crippen LogP contribution in [0, 0.1) is 0 Å². The third-order valence-electron chi connectivity index (χ3n) is 4.86. The molecule has 0 amide bonds. The summed E-state index contributed by atoms with van der Waals surface area (Å²) in [4.78, 5) is 17.2. The van der Waals surface area contributed by atoms with E-state index in [-0.39, 0.29) is 5.97 Å². The van der Waals surface area contributed by atoms with Gasteiger partial charge in [0.1, 0.15) is 5.54 Å². The molecule has 2 aliphatic heterocycles. The highest BCUT2D eigenvalue weighted by atomic mass is 16.5. The molecule has 0 spiro atoms. The third kappa shape index (κ3) is 4.18. The monoisotopic (exact) mass is 297 g/mol.